The quantitative estimate of drug-likeness (QED) is 0.552. The van der Waals surface area contributed by atoms with Crippen LogP contribution in [0.4, 0.5) is 0 Å². The van der Waals surface area contributed by atoms with E-state index in [2.05, 4.69) is 16.3 Å². The molecule has 1 saturated heterocycles. The van der Waals surface area contributed by atoms with Gasteiger partial charge in [-0.05, 0) is 49.2 Å². The van der Waals surface area contributed by atoms with E-state index >= 15 is 0 Å². The zero-order chi connectivity index (χ0) is 24.1. The van der Waals surface area contributed by atoms with Gasteiger partial charge in [0.1, 0.15) is 17.2 Å². The molecule has 34 heavy (non-hydrogen) atoms. The Balaban J connectivity index is 1.67. The second kappa shape index (κ2) is 10.7. The molecular weight excluding hydrogens is 432 g/mol. The number of aromatic nitrogens is 2. The normalized spacial score (nSPS) is 14.1. The Bertz CT molecular complexity index is 1150. The highest BCUT2D eigenvalue weighted by molar-refractivity contribution is 5.94. The summed E-state index contributed by atoms with van der Waals surface area (Å²) in [6.45, 7) is 8.63. The first-order valence-electron chi connectivity index (χ1n) is 11.5. The van der Waals surface area contributed by atoms with Crippen molar-refractivity contribution in [3.05, 3.63) is 59.3 Å². The van der Waals surface area contributed by atoms with Gasteiger partial charge in [0.25, 0.3) is 5.91 Å². The third kappa shape index (κ3) is 5.24. The number of rotatable bonds is 8. The topological polar surface area (TPSA) is 77.9 Å². The Labute approximate surface area is 200 Å². The number of hydrogen-bond acceptors (Lipinski definition) is 6. The number of nitrogens with zero attached hydrogens (tertiary/aromatic N) is 3. The Hall–Kier alpha value is -3.36. The van der Waals surface area contributed by atoms with E-state index in [1.54, 1.807) is 18.9 Å². The fourth-order valence-corrected chi connectivity index (χ4v) is 4.06. The molecule has 3 aromatic rings. The molecule has 4 rings (SSSR count). The summed E-state index contributed by atoms with van der Waals surface area (Å²) >= 11 is 0. The Kier molecular flexibility index (Phi) is 7.49. The molecule has 0 unspecified atom stereocenters. The van der Waals surface area contributed by atoms with Crippen LogP contribution in [0.5, 0.6) is 11.5 Å². The number of benzene rings is 2. The summed E-state index contributed by atoms with van der Waals surface area (Å²) in [5, 5.41) is 7.91. The number of aryl methyl sites for hydroxylation is 2. The first-order valence-corrected chi connectivity index (χ1v) is 11.5. The van der Waals surface area contributed by atoms with Crippen molar-refractivity contribution in [2.45, 2.75) is 13.8 Å². The highest BCUT2D eigenvalue weighted by Gasteiger charge is 2.21. The smallest absolute Gasteiger partial charge is 0.270 e. The first-order chi connectivity index (χ1) is 16.5. The molecule has 8 heteroatoms. The predicted molar refractivity (Wildman–Crippen MR) is 131 cm³/mol. The van der Waals surface area contributed by atoms with Crippen molar-refractivity contribution in [2.24, 2.45) is 0 Å². The van der Waals surface area contributed by atoms with E-state index in [0.717, 1.165) is 55.2 Å². The minimum absolute atomic E-state index is 0.166. The van der Waals surface area contributed by atoms with Crippen LogP contribution < -0.4 is 14.8 Å². The van der Waals surface area contributed by atoms with Crippen LogP contribution in [-0.2, 0) is 4.74 Å². The lowest BCUT2D eigenvalue weighted by Crippen LogP contribution is -2.41. The van der Waals surface area contributed by atoms with Gasteiger partial charge in [-0.2, -0.15) is 5.10 Å². The minimum Gasteiger partial charge on any atom is -0.497 e. The molecule has 1 fully saturated rings. The van der Waals surface area contributed by atoms with Crippen molar-refractivity contribution in [2.75, 3.05) is 53.6 Å². The van der Waals surface area contributed by atoms with Crippen molar-refractivity contribution >= 4 is 5.91 Å². The van der Waals surface area contributed by atoms with Gasteiger partial charge in [-0.25, -0.2) is 4.68 Å². The van der Waals surface area contributed by atoms with Gasteiger partial charge in [0.05, 0.1) is 38.8 Å². The summed E-state index contributed by atoms with van der Waals surface area (Å²) in [5.41, 5.74) is 4.91. The lowest BCUT2D eigenvalue weighted by molar-refractivity contribution is 0.0383. The van der Waals surface area contributed by atoms with E-state index in [4.69, 9.17) is 19.3 Å². The summed E-state index contributed by atoms with van der Waals surface area (Å²) in [5.74, 6) is 1.15. The van der Waals surface area contributed by atoms with E-state index in [0.29, 0.717) is 29.4 Å². The predicted octanol–water partition coefficient (Wildman–Crippen LogP) is 3.24. The molecule has 2 heterocycles. The van der Waals surface area contributed by atoms with Gasteiger partial charge in [0, 0.05) is 37.8 Å². The maximum absolute atomic E-state index is 13.3. The highest BCUT2D eigenvalue weighted by Crippen LogP contribution is 2.34. The monoisotopic (exact) mass is 464 g/mol. The van der Waals surface area contributed by atoms with E-state index < -0.39 is 0 Å². The van der Waals surface area contributed by atoms with E-state index in [9.17, 15) is 4.79 Å². The summed E-state index contributed by atoms with van der Waals surface area (Å²) in [6.07, 6.45) is 0. The summed E-state index contributed by atoms with van der Waals surface area (Å²) in [6, 6.07) is 13.5. The molecule has 2 aromatic carbocycles. The van der Waals surface area contributed by atoms with Crippen molar-refractivity contribution in [1.82, 2.24) is 20.0 Å². The number of morpholine rings is 1. The van der Waals surface area contributed by atoms with Gasteiger partial charge in [-0.15, -0.1) is 0 Å². The fraction of sp³-hybridized carbons (Fsp3) is 0.385. The molecule has 1 aliphatic heterocycles. The van der Waals surface area contributed by atoms with Gasteiger partial charge in [0.15, 0.2) is 0 Å². The molecule has 1 aromatic heterocycles. The molecule has 1 aliphatic rings. The zero-order valence-electron chi connectivity index (χ0n) is 20.3. The Morgan fingerprint density at radius 1 is 1.06 bits per heavy atom. The van der Waals surface area contributed by atoms with Gasteiger partial charge in [0.2, 0.25) is 0 Å². The second-order valence-corrected chi connectivity index (χ2v) is 8.39. The van der Waals surface area contributed by atoms with Crippen molar-refractivity contribution < 1.29 is 19.0 Å². The van der Waals surface area contributed by atoms with Crippen LogP contribution in [0, 0.1) is 13.8 Å². The second-order valence-electron chi connectivity index (χ2n) is 8.39. The van der Waals surface area contributed by atoms with Gasteiger partial charge in [-0.1, -0.05) is 12.1 Å². The van der Waals surface area contributed by atoms with Crippen LogP contribution >= 0.6 is 0 Å². The third-order valence-electron chi connectivity index (χ3n) is 6.04. The van der Waals surface area contributed by atoms with Gasteiger partial charge >= 0.3 is 0 Å². The molecule has 0 saturated carbocycles. The maximum atomic E-state index is 13.3. The Morgan fingerprint density at radius 2 is 1.85 bits per heavy atom. The van der Waals surface area contributed by atoms with Crippen LogP contribution in [0.1, 0.15) is 21.6 Å². The molecule has 8 nitrogen and oxygen atoms in total. The van der Waals surface area contributed by atoms with Gasteiger partial charge < -0.3 is 19.5 Å². The van der Waals surface area contributed by atoms with Crippen LogP contribution in [-0.4, -0.2) is 74.2 Å². The number of nitrogens with one attached hydrogen (secondary N) is 1. The molecule has 1 amide bonds. The molecule has 180 valence electrons. The van der Waals surface area contributed by atoms with Gasteiger partial charge in [-0.3, -0.25) is 9.69 Å². The van der Waals surface area contributed by atoms with Crippen LogP contribution in [0.25, 0.3) is 16.9 Å². The van der Waals surface area contributed by atoms with Crippen LogP contribution in [0.3, 0.4) is 0 Å². The van der Waals surface area contributed by atoms with Crippen molar-refractivity contribution in [3.63, 3.8) is 0 Å². The summed E-state index contributed by atoms with van der Waals surface area (Å²) < 4.78 is 18.0. The van der Waals surface area contributed by atoms with Crippen molar-refractivity contribution in [3.8, 4) is 28.4 Å². The largest absolute Gasteiger partial charge is 0.497 e. The SMILES string of the molecule is COc1ccc(-c2cc(C(=O)NCCN3CCOCC3)n(-c3cc(C)ccc3C)n2)c(OC)c1. The van der Waals surface area contributed by atoms with Crippen LogP contribution in [0.2, 0.25) is 0 Å². The number of carbonyl (C=O) groups excluding carboxylic acids is 1. The average Bonchev–Trinajstić information content (AvgIpc) is 3.30. The number of amides is 1. The molecular formula is C26H32N4O4. The standard InChI is InChI=1S/C26H32N4O4/c1-18-5-6-19(2)23(15-18)30-24(26(31)27-9-10-29-11-13-34-14-12-29)17-22(28-30)21-8-7-20(32-3)16-25(21)33-4/h5-8,15-17H,9-14H2,1-4H3,(H,27,31). The fourth-order valence-electron chi connectivity index (χ4n) is 4.06. The van der Waals surface area contributed by atoms with Crippen molar-refractivity contribution in [1.29, 1.82) is 0 Å². The number of carbonyl (C=O) groups is 1. The molecule has 0 aliphatic carbocycles. The lowest BCUT2D eigenvalue weighted by Gasteiger charge is -2.26. The third-order valence-corrected chi connectivity index (χ3v) is 6.04. The molecule has 1 N–H and O–H groups in total. The van der Waals surface area contributed by atoms with E-state index in [1.165, 1.54) is 0 Å². The maximum Gasteiger partial charge on any atom is 0.270 e. The molecule has 0 spiro atoms. The number of ether oxygens (including phenoxy) is 3. The summed E-state index contributed by atoms with van der Waals surface area (Å²) in [7, 11) is 3.22. The zero-order valence-corrected chi connectivity index (χ0v) is 20.3. The first kappa shape index (κ1) is 23.8. The minimum atomic E-state index is -0.166. The summed E-state index contributed by atoms with van der Waals surface area (Å²) in [4.78, 5) is 15.6. The molecule has 0 radical (unpaired) electrons. The van der Waals surface area contributed by atoms with E-state index in [-0.39, 0.29) is 5.91 Å². The molecule has 0 atom stereocenters. The lowest BCUT2D eigenvalue weighted by atomic mass is 10.1. The Morgan fingerprint density at radius 3 is 2.59 bits per heavy atom. The number of hydrogen-bond donors (Lipinski definition) is 1. The molecule has 0 bridgehead atoms. The van der Waals surface area contributed by atoms with E-state index in [1.807, 2.05) is 50.2 Å². The highest BCUT2D eigenvalue weighted by atomic mass is 16.5. The number of methoxy groups -OCH3 is 2. The van der Waals surface area contributed by atoms with Crippen LogP contribution in [0.15, 0.2) is 42.5 Å². The average molecular weight is 465 g/mol.